The molecule has 9 heteroatoms. The SMILES string of the molecule is O=C(C[C@H]1C[C@@H]2c3cc(NC(=O)NC4CCCCC4)ccc3O[C@@H]2[C@H](CO)O1)NCc1ccncc1. The highest BCUT2D eigenvalue weighted by atomic mass is 16.6. The van der Waals surface area contributed by atoms with Gasteiger partial charge in [-0.2, -0.15) is 0 Å². The average Bonchev–Trinajstić information content (AvgIpc) is 3.26. The van der Waals surface area contributed by atoms with Crippen molar-refractivity contribution in [2.45, 2.75) is 81.8 Å². The quantitative estimate of drug-likeness (QED) is 0.469. The number of fused-ring (bicyclic) bond motifs is 3. The van der Waals surface area contributed by atoms with Crippen molar-refractivity contribution in [2.24, 2.45) is 0 Å². The molecule has 1 aliphatic carbocycles. The molecule has 5 rings (SSSR count). The Balaban J connectivity index is 1.21. The van der Waals surface area contributed by atoms with Crippen LogP contribution >= 0.6 is 0 Å². The summed E-state index contributed by atoms with van der Waals surface area (Å²) in [5, 5.41) is 18.9. The zero-order valence-electron chi connectivity index (χ0n) is 20.3. The van der Waals surface area contributed by atoms with E-state index in [0.29, 0.717) is 18.7 Å². The van der Waals surface area contributed by atoms with E-state index in [1.54, 1.807) is 12.4 Å². The first-order valence-electron chi connectivity index (χ1n) is 12.9. The Morgan fingerprint density at radius 1 is 1.08 bits per heavy atom. The summed E-state index contributed by atoms with van der Waals surface area (Å²) in [5.74, 6) is 0.584. The van der Waals surface area contributed by atoms with Crippen LogP contribution in [0.4, 0.5) is 10.5 Å². The molecule has 9 nitrogen and oxygen atoms in total. The third-order valence-electron chi connectivity index (χ3n) is 7.35. The number of nitrogens with one attached hydrogen (secondary N) is 3. The number of pyridine rings is 1. The third kappa shape index (κ3) is 5.79. The number of nitrogens with zero attached hydrogens (tertiary/aromatic N) is 1. The highest BCUT2D eigenvalue weighted by Gasteiger charge is 2.46. The molecule has 0 bridgehead atoms. The maximum absolute atomic E-state index is 12.6. The second kappa shape index (κ2) is 11.3. The van der Waals surface area contributed by atoms with Gasteiger partial charge in [0.15, 0.2) is 0 Å². The van der Waals surface area contributed by atoms with Gasteiger partial charge in [-0.05, 0) is 55.2 Å². The predicted molar refractivity (Wildman–Crippen MR) is 134 cm³/mol. The molecule has 3 aliphatic rings. The number of rotatable bonds is 7. The second-order valence-electron chi connectivity index (χ2n) is 9.93. The van der Waals surface area contributed by atoms with Crippen molar-refractivity contribution in [1.29, 1.82) is 0 Å². The number of carbonyl (C=O) groups is 2. The van der Waals surface area contributed by atoms with E-state index < -0.39 is 6.10 Å². The number of aliphatic hydroxyl groups excluding tert-OH is 1. The van der Waals surface area contributed by atoms with Gasteiger partial charge in [-0.3, -0.25) is 9.78 Å². The molecule has 1 saturated carbocycles. The Morgan fingerprint density at radius 2 is 1.89 bits per heavy atom. The van der Waals surface area contributed by atoms with E-state index >= 15 is 0 Å². The smallest absolute Gasteiger partial charge is 0.319 e. The Morgan fingerprint density at radius 3 is 2.67 bits per heavy atom. The average molecular weight is 495 g/mol. The van der Waals surface area contributed by atoms with E-state index in [4.69, 9.17) is 9.47 Å². The molecule has 0 spiro atoms. The molecule has 4 N–H and O–H groups in total. The summed E-state index contributed by atoms with van der Waals surface area (Å²) in [6, 6.07) is 9.38. The summed E-state index contributed by atoms with van der Waals surface area (Å²) < 4.78 is 12.2. The Hall–Kier alpha value is -3.17. The molecule has 192 valence electrons. The van der Waals surface area contributed by atoms with Crippen LogP contribution < -0.4 is 20.7 Å². The highest BCUT2D eigenvalue weighted by Crippen LogP contribution is 2.47. The minimum atomic E-state index is -0.528. The van der Waals surface area contributed by atoms with Crippen LogP contribution in [0.3, 0.4) is 0 Å². The van der Waals surface area contributed by atoms with Gasteiger partial charge < -0.3 is 30.5 Å². The minimum absolute atomic E-state index is 0.0351. The monoisotopic (exact) mass is 494 g/mol. The van der Waals surface area contributed by atoms with Crippen molar-refractivity contribution < 1.29 is 24.2 Å². The molecule has 2 fully saturated rings. The Labute approximate surface area is 211 Å². The minimum Gasteiger partial charge on any atom is -0.487 e. The fourth-order valence-corrected chi connectivity index (χ4v) is 5.55. The van der Waals surface area contributed by atoms with Gasteiger partial charge in [0, 0.05) is 42.1 Å². The molecule has 2 aliphatic heterocycles. The van der Waals surface area contributed by atoms with Crippen molar-refractivity contribution in [2.75, 3.05) is 11.9 Å². The topological polar surface area (TPSA) is 122 Å². The summed E-state index contributed by atoms with van der Waals surface area (Å²) in [5.41, 5.74) is 2.64. The number of aromatic nitrogens is 1. The zero-order valence-corrected chi connectivity index (χ0v) is 20.3. The van der Waals surface area contributed by atoms with Gasteiger partial charge in [-0.1, -0.05) is 19.3 Å². The fourth-order valence-electron chi connectivity index (χ4n) is 5.55. The molecule has 1 saturated heterocycles. The van der Waals surface area contributed by atoms with E-state index in [-0.39, 0.29) is 49.1 Å². The molecular weight excluding hydrogens is 460 g/mol. The normalized spacial score (nSPS) is 25.2. The molecule has 4 atom stereocenters. The van der Waals surface area contributed by atoms with Crippen LogP contribution in [0.25, 0.3) is 0 Å². The molecule has 1 aromatic carbocycles. The fraction of sp³-hybridized carbons (Fsp3) is 0.519. The molecule has 2 aromatic rings. The van der Waals surface area contributed by atoms with Crippen LogP contribution in [0.2, 0.25) is 0 Å². The van der Waals surface area contributed by atoms with E-state index in [9.17, 15) is 14.7 Å². The molecule has 36 heavy (non-hydrogen) atoms. The number of benzene rings is 1. The second-order valence-corrected chi connectivity index (χ2v) is 9.93. The zero-order chi connectivity index (χ0) is 24.9. The highest BCUT2D eigenvalue weighted by molar-refractivity contribution is 5.89. The first-order valence-corrected chi connectivity index (χ1v) is 12.9. The molecule has 3 heterocycles. The third-order valence-corrected chi connectivity index (χ3v) is 7.35. The predicted octanol–water partition coefficient (Wildman–Crippen LogP) is 3.24. The maximum atomic E-state index is 12.6. The van der Waals surface area contributed by atoms with E-state index in [1.807, 2.05) is 30.3 Å². The van der Waals surface area contributed by atoms with Crippen molar-refractivity contribution in [3.63, 3.8) is 0 Å². The van der Waals surface area contributed by atoms with Gasteiger partial charge >= 0.3 is 6.03 Å². The number of hydrogen-bond acceptors (Lipinski definition) is 6. The standard InChI is InChI=1S/C27H34N4O5/c32-16-24-26-22(13-20(35-24)14-25(33)29-15-17-8-10-28-11-9-17)21-12-19(6-7-23(21)36-26)31-27(34)30-18-4-2-1-3-5-18/h6-12,18,20,22,24,26,32H,1-5,13-16H2,(H,29,33)(H2,30,31,34)/t20-,22-,24+,26+/m1/s1. The van der Waals surface area contributed by atoms with Crippen molar-refractivity contribution in [1.82, 2.24) is 15.6 Å². The maximum Gasteiger partial charge on any atom is 0.319 e. The lowest BCUT2D eigenvalue weighted by Gasteiger charge is -2.37. The van der Waals surface area contributed by atoms with E-state index in [2.05, 4.69) is 20.9 Å². The number of aliphatic hydroxyl groups is 1. The summed E-state index contributed by atoms with van der Waals surface area (Å²) >= 11 is 0. The number of anilines is 1. The lowest BCUT2D eigenvalue weighted by molar-refractivity contribution is -0.142. The van der Waals surface area contributed by atoms with Gasteiger partial charge in [0.05, 0.1) is 19.1 Å². The van der Waals surface area contributed by atoms with Crippen LogP contribution in [-0.2, 0) is 16.1 Å². The molecule has 3 amide bonds. The summed E-state index contributed by atoms with van der Waals surface area (Å²) in [6.45, 7) is 0.229. The van der Waals surface area contributed by atoms with Crippen molar-refractivity contribution >= 4 is 17.6 Å². The van der Waals surface area contributed by atoms with Crippen LogP contribution in [0.5, 0.6) is 5.75 Å². The Kier molecular flexibility index (Phi) is 7.67. The Bertz CT molecular complexity index is 1060. The van der Waals surface area contributed by atoms with E-state index in [1.165, 1.54) is 6.42 Å². The van der Waals surface area contributed by atoms with Crippen LogP contribution in [-0.4, -0.2) is 53.0 Å². The lowest BCUT2D eigenvalue weighted by Crippen LogP contribution is -2.47. The molecule has 1 aromatic heterocycles. The van der Waals surface area contributed by atoms with Crippen LogP contribution in [0, 0.1) is 0 Å². The molecule has 0 radical (unpaired) electrons. The van der Waals surface area contributed by atoms with E-state index in [0.717, 1.165) is 42.6 Å². The van der Waals surface area contributed by atoms with Crippen LogP contribution in [0.15, 0.2) is 42.7 Å². The van der Waals surface area contributed by atoms with Gasteiger partial charge in [0.25, 0.3) is 0 Å². The number of carbonyl (C=O) groups excluding carboxylic acids is 2. The number of urea groups is 1. The number of ether oxygens (including phenoxy) is 2. The molecular formula is C27H34N4O5. The van der Waals surface area contributed by atoms with Gasteiger partial charge in [-0.25, -0.2) is 4.79 Å². The lowest BCUT2D eigenvalue weighted by atomic mass is 9.84. The summed E-state index contributed by atoms with van der Waals surface area (Å²) in [7, 11) is 0. The van der Waals surface area contributed by atoms with Gasteiger partial charge in [-0.15, -0.1) is 0 Å². The first kappa shape index (κ1) is 24.5. The van der Waals surface area contributed by atoms with Gasteiger partial charge in [0.1, 0.15) is 18.0 Å². The molecule has 0 unspecified atom stereocenters. The van der Waals surface area contributed by atoms with Crippen molar-refractivity contribution in [3.05, 3.63) is 53.9 Å². The van der Waals surface area contributed by atoms with Gasteiger partial charge in [0.2, 0.25) is 5.91 Å². The summed E-state index contributed by atoms with van der Waals surface area (Å²) in [4.78, 5) is 29.1. The van der Waals surface area contributed by atoms with Crippen LogP contribution in [0.1, 0.15) is 62.0 Å². The number of amides is 3. The largest absolute Gasteiger partial charge is 0.487 e. The summed E-state index contributed by atoms with van der Waals surface area (Å²) in [6.07, 6.45) is 8.56. The number of hydrogen-bond donors (Lipinski definition) is 4. The van der Waals surface area contributed by atoms with Crippen molar-refractivity contribution in [3.8, 4) is 5.75 Å². The first-order chi connectivity index (χ1) is 17.6.